The van der Waals surface area contributed by atoms with Gasteiger partial charge in [0.1, 0.15) is 0 Å². The summed E-state index contributed by atoms with van der Waals surface area (Å²) in [5.41, 5.74) is 2.61. The monoisotopic (exact) mass is 271 g/mol. The van der Waals surface area contributed by atoms with E-state index < -0.39 is 0 Å². The summed E-state index contributed by atoms with van der Waals surface area (Å²) in [7, 11) is 1.98. The fourth-order valence-corrected chi connectivity index (χ4v) is 3.12. The van der Waals surface area contributed by atoms with Crippen LogP contribution < -0.4 is 5.32 Å². The fourth-order valence-electron chi connectivity index (χ4n) is 2.33. The van der Waals surface area contributed by atoms with Crippen LogP contribution in [0.4, 0.5) is 0 Å². The standard InChI is InChI=1S/C15H17N3S/c1-11-17-9-14(19-11)10-18-6-5-13-4-3-12(8-16-2)7-15(13)18/h3-7,9,16H,8,10H2,1-2H3. The Bertz CT molecular complexity index is 696. The minimum atomic E-state index is 0.901. The first kappa shape index (κ1) is 12.4. The maximum absolute atomic E-state index is 4.32. The van der Waals surface area contributed by atoms with Gasteiger partial charge in [0, 0.05) is 29.3 Å². The molecule has 0 amide bonds. The smallest absolute Gasteiger partial charge is 0.0897 e. The van der Waals surface area contributed by atoms with Gasteiger partial charge >= 0.3 is 0 Å². The van der Waals surface area contributed by atoms with E-state index in [0.717, 1.165) is 18.1 Å². The van der Waals surface area contributed by atoms with Gasteiger partial charge in [0.05, 0.1) is 11.6 Å². The molecule has 3 aromatic rings. The maximum atomic E-state index is 4.32. The van der Waals surface area contributed by atoms with Crippen LogP contribution >= 0.6 is 11.3 Å². The average molecular weight is 271 g/mol. The largest absolute Gasteiger partial charge is 0.342 e. The molecule has 0 fully saturated rings. The lowest BCUT2D eigenvalue weighted by atomic mass is 10.1. The van der Waals surface area contributed by atoms with E-state index in [9.17, 15) is 0 Å². The molecule has 2 aromatic heterocycles. The quantitative estimate of drug-likeness (QED) is 0.790. The summed E-state index contributed by atoms with van der Waals surface area (Å²) in [6.45, 7) is 3.85. The topological polar surface area (TPSA) is 29.9 Å². The molecule has 3 rings (SSSR count). The Morgan fingerprint density at radius 2 is 2.21 bits per heavy atom. The first-order valence-corrected chi connectivity index (χ1v) is 7.21. The molecule has 0 saturated carbocycles. The third-order valence-corrected chi connectivity index (χ3v) is 4.11. The van der Waals surface area contributed by atoms with E-state index in [1.807, 2.05) is 20.2 Å². The number of benzene rings is 1. The van der Waals surface area contributed by atoms with Crippen LogP contribution in [0.5, 0.6) is 0 Å². The van der Waals surface area contributed by atoms with Crippen molar-refractivity contribution in [3.05, 3.63) is 52.1 Å². The van der Waals surface area contributed by atoms with Gasteiger partial charge in [0.25, 0.3) is 0 Å². The molecule has 0 aliphatic rings. The van der Waals surface area contributed by atoms with Crippen molar-refractivity contribution in [2.24, 2.45) is 0 Å². The third kappa shape index (κ3) is 2.55. The summed E-state index contributed by atoms with van der Waals surface area (Å²) < 4.78 is 2.29. The van der Waals surface area contributed by atoms with E-state index in [2.05, 4.69) is 45.3 Å². The Balaban J connectivity index is 1.96. The second-order valence-electron chi connectivity index (χ2n) is 4.71. The molecule has 0 atom stereocenters. The lowest BCUT2D eigenvalue weighted by molar-refractivity contribution is 0.814. The first-order valence-electron chi connectivity index (χ1n) is 6.40. The van der Waals surface area contributed by atoms with Crippen molar-refractivity contribution in [1.82, 2.24) is 14.9 Å². The molecule has 0 radical (unpaired) electrons. The lowest BCUT2D eigenvalue weighted by Crippen LogP contribution is -2.05. The highest BCUT2D eigenvalue weighted by molar-refractivity contribution is 7.11. The van der Waals surface area contributed by atoms with Crippen molar-refractivity contribution in [3.63, 3.8) is 0 Å². The molecule has 2 heterocycles. The van der Waals surface area contributed by atoms with Gasteiger partial charge in [0.15, 0.2) is 0 Å². The van der Waals surface area contributed by atoms with Gasteiger partial charge in [-0.1, -0.05) is 12.1 Å². The number of aromatic nitrogens is 2. The number of hydrogen-bond donors (Lipinski definition) is 1. The molecule has 0 spiro atoms. The minimum absolute atomic E-state index is 0.901. The van der Waals surface area contributed by atoms with E-state index >= 15 is 0 Å². The molecule has 19 heavy (non-hydrogen) atoms. The van der Waals surface area contributed by atoms with Crippen LogP contribution in [0.25, 0.3) is 10.9 Å². The third-order valence-electron chi connectivity index (χ3n) is 3.21. The average Bonchev–Trinajstić information content (AvgIpc) is 2.98. The zero-order valence-corrected chi connectivity index (χ0v) is 12.0. The molecule has 0 unspecified atom stereocenters. The molecule has 98 valence electrons. The van der Waals surface area contributed by atoms with Crippen LogP contribution in [-0.4, -0.2) is 16.6 Å². The Morgan fingerprint density at radius 3 is 2.95 bits per heavy atom. The first-order chi connectivity index (χ1) is 9.26. The number of fused-ring (bicyclic) bond motifs is 1. The van der Waals surface area contributed by atoms with E-state index in [0.29, 0.717) is 0 Å². The predicted octanol–water partition coefficient (Wildman–Crippen LogP) is 3.17. The van der Waals surface area contributed by atoms with Gasteiger partial charge in [-0.15, -0.1) is 11.3 Å². The Hall–Kier alpha value is -1.65. The zero-order valence-electron chi connectivity index (χ0n) is 11.2. The molecular formula is C15H17N3S. The maximum Gasteiger partial charge on any atom is 0.0897 e. The molecular weight excluding hydrogens is 254 g/mol. The number of nitrogens with one attached hydrogen (secondary N) is 1. The number of nitrogens with zero attached hydrogens (tertiary/aromatic N) is 2. The highest BCUT2D eigenvalue weighted by atomic mass is 32.1. The summed E-state index contributed by atoms with van der Waals surface area (Å²) in [4.78, 5) is 5.62. The van der Waals surface area contributed by atoms with Crippen molar-refractivity contribution >= 4 is 22.2 Å². The Kier molecular flexibility index (Phi) is 3.36. The van der Waals surface area contributed by atoms with E-state index in [1.165, 1.54) is 21.3 Å². The Morgan fingerprint density at radius 1 is 1.32 bits per heavy atom. The lowest BCUT2D eigenvalue weighted by Gasteiger charge is -2.05. The summed E-state index contributed by atoms with van der Waals surface area (Å²) in [6, 6.07) is 8.81. The molecule has 0 aliphatic carbocycles. The number of rotatable bonds is 4. The van der Waals surface area contributed by atoms with Crippen molar-refractivity contribution in [2.45, 2.75) is 20.0 Å². The van der Waals surface area contributed by atoms with Crippen molar-refractivity contribution in [3.8, 4) is 0 Å². The molecule has 0 bridgehead atoms. The van der Waals surface area contributed by atoms with Crippen LogP contribution in [0.3, 0.4) is 0 Å². The van der Waals surface area contributed by atoms with Crippen molar-refractivity contribution < 1.29 is 0 Å². The normalized spacial score (nSPS) is 11.3. The summed E-state index contributed by atoms with van der Waals surface area (Å²) in [5, 5.41) is 5.62. The highest BCUT2D eigenvalue weighted by Gasteiger charge is 2.05. The number of aryl methyl sites for hydroxylation is 1. The van der Waals surface area contributed by atoms with E-state index in [4.69, 9.17) is 0 Å². The van der Waals surface area contributed by atoms with Crippen molar-refractivity contribution in [2.75, 3.05) is 7.05 Å². The second-order valence-corrected chi connectivity index (χ2v) is 6.03. The molecule has 3 nitrogen and oxygen atoms in total. The molecule has 0 saturated heterocycles. The van der Waals surface area contributed by atoms with Crippen LogP contribution in [0, 0.1) is 6.92 Å². The van der Waals surface area contributed by atoms with Crippen LogP contribution in [0.2, 0.25) is 0 Å². The van der Waals surface area contributed by atoms with Crippen LogP contribution in [0.15, 0.2) is 36.7 Å². The molecule has 1 aromatic carbocycles. The summed E-state index contributed by atoms with van der Waals surface area (Å²) >= 11 is 1.76. The van der Waals surface area contributed by atoms with Crippen LogP contribution in [0.1, 0.15) is 15.4 Å². The van der Waals surface area contributed by atoms with Gasteiger partial charge in [0.2, 0.25) is 0 Å². The molecule has 1 N–H and O–H groups in total. The predicted molar refractivity (Wildman–Crippen MR) is 80.7 cm³/mol. The van der Waals surface area contributed by atoms with Gasteiger partial charge < -0.3 is 9.88 Å². The van der Waals surface area contributed by atoms with Gasteiger partial charge in [-0.25, -0.2) is 4.98 Å². The minimum Gasteiger partial charge on any atom is -0.342 e. The van der Waals surface area contributed by atoms with Gasteiger partial charge in [-0.3, -0.25) is 0 Å². The molecule has 0 aliphatic heterocycles. The van der Waals surface area contributed by atoms with Gasteiger partial charge in [-0.2, -0.15) is 0 Å². The highest BCUT2D eigenvalue weighted by Crippen LogP contribution is 2.21. The van der Waals surface area contributed by atoms with E-state index in [1.54, 1.807) is 11.3 Å². The van der Waals surface area contributed by atoms with Crippen molar-refractivity contribution in [1.29, 1.82) is 0 Å². The summed E-state index contributed by atoms with van der Waals surface area (Å²) in [6.07, 6.45) is 4.13. The SMILES string of the molecule is CNCc1ccc2ccn(Cc3cnc(C)s3)c2c1. The number of hydrogen-bond acceptors (Lipinski definition) is 3. The van der Waals surface area contributed by atoms with E-state index in [-0.39, 0.29) is 0 Å². The zero-order chi connectivity index (χ0) is 13.2. The Labute approximate surface area is 116 Å². The van der Waals surface area contributed by atoms with Gasteiger partial charge in [-0.05, 0) is 37.1 Å². The number of thiazole rings is 1. The fraction of sp³-hybridized carbons (Fsp3) is 0.267. The van der Waals surface area contributed by atoms with Crippen LogP contribution in [-0.2, 0) is 13.1 Å². The molecule has 4 heteroatoms. The summed E-state index contributed by atoms with van der Waals surface area (Å²) in [5.74, 6) is 0. The second kappa shape index (κ2) is 5.15.